The number of carbonyl (C=O) groups excluding carboxylic acids is 3. The van der Waals surface area contributed by atoms with E-state index in [1.165, 1.54) is 34.5 Å². The van der Waals surface area contributed by atoms with E-state index in [0.717, 1.165) is 5.56 Å². The van der Waals surface area contributed by atoms with Crippen molar-refractivity contribution in [3.8, 4) is 11.5 Å². The Morgan fingerprint density at radius 2 is 1.52 bits per heavy atom. The highest BCUT2D eigenvalue weighted by Crippen LogP contribution is 2.41. The van der Waals surface area contributed by atoms with E-state index in [2.05, 4.69) is 0 Å². The van der Waals surface area contributed by atoms with Crippen molar-refractivity contribution in [1.82, 2.24) is 0 Å². The number of ketones is 2. The highest BCUT2D eigenvalue weighted by atomic mass is 16.5. The first-order chi connectivity index (χ1) is 13.9. The average Bonchev–Trinajstić information content (AvgIpc) is 2.74. The molecule has 0 N–H and O–H groups in total. The zero-order valence-corrected chi connectivity index (χ0v) is 16.7. The van der Waals surface area contributed by atoms with Crippen LogP contribution in [0.25, 0.3) is 5.57 Å². The maximum Gasteiger partial charge on any atom is 0.338 e. The summed E-state index contributed by atoms with van der Waals surface area (Å²) in [6.07, 6.45) is 0. The number of aryl methyl sites for hydroxylation is 1. The fraction of sp³-hybridized carbons (Fsp3) is 0.227. The van der Waals surface area contributed by atoms with Crippen LogP contribution in [0.4, 0.5) is 0 Å². The van der Waals surface area contributed by atoms with Gasteiger partial charge in [0, 0.05) is 11.1 Å². The van der Waals surface area contributed by atoms with Crippen molar-refractivity contribution in [2.45, 2.75) is 6.92 Å². The average molecular weight is 396 g/mol. The number of fused-ring (bicyclic) bond motifs is 1. The van der Waals surface area contributed by atoms with Gasteiger partial charge in [0.05, 0.1) is 45.1 Å². The maximum absolute atomic E-state index is 13.5. The lowest BCUT2D eigenvalue weighted by Crippen LogP contribution is -2.24. The highest BCUT2D eigenvalue weighted by molar-refractivity contribution is 6.41. The third-order valence-corrected chi connectivity index (χ3v) is 4.70. The van der Waals surface area contributed by atoms with Crippen LogP contribution in [0.2, 0.25) is 0 Å². The first kappa shape index (κ1) is 20.1. The van der Waals surface area contributed by atoms with Gasteiger partial charge in [0.15, 0.2) is 11.5 Å². The van der Waals surface area contributed by atoms with Crippen molar-refractivity contribution in [3.05, 3.63) is 63.9 Å². The first-order valence-corrected chi connectivity index (χ1v) is 8.71. The molecule has 0 heterocycles. The summed E-state index contributed by atoms with van der Waals surface area (Å²) in [5, 5.41) is 0. The summed E-state index contributed by atoms with van der Waals surface area (Å²) in [6, 6.07) is 7.98. The third-order valence-electron chi connectivity index (χ3n) is 4.70. The molecule has 7 heteroatoms. The lowest BCUT2D eigenvalue weighted by molar-refractivity contribution is 0.0599. The highest BCUT2D eigenvalue weighted by Gasteiger charge is 2.39. The van der Waals surface area contributed by atoms with Crippen molar-refractivity contribution in [2.75, 3.05) is 28.4 Å². The number of methoxy groups -OCH3 is 4. The number of allylic oxidation sites excluding steroid dienone is 2. The Morgan fingerprint density at radius 1 is 0.828 bits per heavy atom. The molecule has 0 fully saturated rings. The molecule has 0 saturated heterocycles. The predicted octanol–water partition coefficient (Wildman–Crippen LogP) is 3.24. The molecule has 7 nitrogen and oxygen atoms in total. The molecule has 1 aliphatic carbocycles. The van der Waals surface area contributed by atoms with Crippen LogP contribution in [-0.4, -0.2) is 46.0 Å². The Kier molecular flexibility index (Phi) is 5.41. The monoisotopic (exact) mass is 396 g/mol. The third kappa shape index (κ3) is 3.14. The van der Waals surface area contributed by atoms with Crippen LogP contribution < -0.4 is 9.47 Å². The normalized spacial score (nSPS) is 13.1. The van der Waals surface area contributed by atoms with E-state index in [0.29, 0.717) is 0 Å². The van der Waals surface area contributed by atoms with Gasteiger partial charge in [-0.15, -0.1) is 0 Å². The van der Waals surface area contributed by atoms with E-state index in [-0.39, 0.29) is 45.1 Å². The minimum Gasteiger partial charge on any atom is -0.496 e. The Bertz CT molecular complexity index is 1060. The summed E-state index contributed by atoms with van der Waals surface area (Å²) in [6.45, 7) is 1.78. The Balaban J connectivity index is 2.41. The number of esters is 1. The van der Waals surface area contributed by atoms with Gasteiger partial charge in [0.25, 0.3) is 0 Å². The smallest absolute Gasteiger partial charge is 0.338 e. The lowest BCUT2D eigenvalue weighted by atomic mass is 9.82. The van der Waals surface area contributed by atoms with Gasteiger partial charge in [0.2, 0.25) is 5.78 Å². The van der Waals surface area contributed by atoms with Crippen LogP contribution in [-0.2, 0) is 9.47 Å². The maximum atomic E-state index is 13.5. The molecule has 0 amide bonds. The second-order valence-electron chi connectivity index (χ2n) is 6.33. The van der Waals surface area contributed by atoms with Gasteiger partial charge in [-0.3, -0.25) is 9.59 Å². The first-order valence-electron chi connectivity index (χ1n) is 8.71. The van der Waals surface area contributed by atoms with Crippen LogP contribution in [0.15, 0.2) is 36.1 Å². The molecular weight excluding hydrogens is 376 g/mol. The van der Waals surface area contributed by atoms with Crippen LogP contribution in [0, 0.1) is 6.92 Å². The number of Topliss-reactive ketones (excluding diaryl/α,β-unsaturated/α-hetero) is 2. The summed E-state index contributed by atoms with van der Waals surface area (Å²) < 4.78 is 20.9. The molecule has 3 rings (SSSR count). The van der Waals surface area contributed by atoms with Crippen LogP contribution in [0.5, 0.6) is 11.5 Å². The molecule has 2 aromatic carbocycles. The molecule has 0 aliphatic heterocycles. The fourth-order valence-corrected chi connectivity index (χ4v) is 3.45. The van der Waals surface area contributed by atoms with Crippen molar-refractivity contribution >= 4 is 23.1 Å². The van der Waals surface area contributed by atoms with E-state index >= 15 is 0 Å². The zero-order valence-electron chi connectivity index (χ0n) is 16.7. The van der Waals surface area contributed by atoms with Crippen molar-refractivity contribution in [3.63, 3.8) is 0 Å². The van der Waals surface area contributed by atoms with E-state index in [4.69, 9.17) is 18.9 Å². The molecule has 0 unspecified atom stereocenters. The predicted molar refractivity (Wildman–Crippen MR) is 105 cm³/mol. The van der Waals surface area contributed by atoms with Crippen molar-refractivity contribution in [2.24, 2.45) is 0 Å². The molecule has 0 spiro atoms. The summed E-state index contributed by atoms with van der Waals surface area (Å²) in [5.74, 6) is -1.35. The Labute approximate surface area is 167 Å². The number of benzene rings is 2. The van der Waals surface area contributed by atoms with Crippen LogP contribution in [0.3, 0.4) is 0 Å². The molecule has 1 aliphatic rings. The van der Waals surface area contributed by atoms with E-state index in [1.54, 1.807) is 31.2 Å². The lowest BCUT2D eigenvalue weighted by Gasteiger charge is -2.24. The van der Waals surface area contributed by atoms with Gasteiger partial charge in [-0.1, -0.05) is 12.1 Å². The van der Waals surface area contributed by atoms with E-state index < -0.39 is 17.5 Å². The second kappa shape index (κ2) is 7.79. The molecular formula is C22H20O7. The molecule has 29 heavy (non-hydrogen) atoms. The number of ether oxygens (including phenoxy) is 4. The van der Waals surface area contributed by atoms with E-state index in [9.17, 15) is 14.4 Å². The van der Waals surface area contributed by atoms with Gasteiger partial charge in [-0.25, -0.2) is 4.79 Å². The SMILES string of the molecule is COC(=O)c1cc(C)cc(OC)c1C1=C(OC)C(=O)c2c(OC)cccc2C1=O. The number of carbonyl (C=O) groups is 3. The van der Waals surface area contributed by atoms with Gasteiger partial charge >= 0.3 is 5.97 Å². The molecule has 0 radical (unpaired) electrons. The van der Waals surface area contributed by atoms with Gasteiger partial charge in [-0.05, 0) is 30.7 Å². The summed E-state index contributed by atoms with van der Waals surface area (Å²) in [5.41, 5.74) is 1.18. The topological polar surface area (TPSA) is 88.1 Å². The van der Waals surface area contributed by atoms with Crippen molar-refractivity contribution < 1.29 is 33.3 Å². The van der Waals surface area contributed by atoms with Crippen LogP contribution in [0.1, 0.15) is 42.2 Å². The van der Waals surface area contributed by atoms with Gasteiger partial charge < -0.3 is 18.9 Å². The summed E-state index contributed by atoms with van der Waals surface area (Å²) in [4.78, 5) is 39.1. The minimum atomic E-state index is -0.665. The van der Waals surface area contributed by atoms with E-state index in [1.807, 2.05) is 0 Å². The van der Waals surface area contributed by atoms with Gasteiger partial charge in [0.1, 0.15) is 11.5 Å². The molecule has 150 valence electrons. The van der Waals surface area contributed by atoms with Crippen LogP contribution >= 0.6 is 0 Å². The Hall–Kier alpha value is -3.61. The Morgan fingerprint density at radius 3 is 2.10 bits per heavy atom. The molecule has 2 aromatic rings. The number of rotatable bonds is 5. The standard InChI is InChI=1S/C22H20O7/c1-11-9-13(22(25)29-5)16(15(10-11)27-3)18-19(23)12-7-6-8-14(26-2)17(12)20(24)21(18)28-4/h6-10H,1-5H3. The molecule has 0 saturated carbocycles. The van der Waals surface area contributed by atoms with Gasteiger partial charge in [-0.2, -0.15) is 0 Å². The zero-order chi connectivity index (χ0) is 21.3. The minimum absolute atomic E-state index is 0.0597. The summed E-state index contributed by atoms with van der Waals surface area (Å²) in [7, 11) is 5.36. The number of hydrogen-bond acceptors (Lipinski definition) is 7. The fourth-order valence-electron chi connectivity index (χ4n) is 3.45. The largest absolute Gasteiger partial charge is 0.496 e. The number of hydrogen-bond donors (Lipinski definition) is 0. The molecule has 0 aromatic heterocycles. The molecule has 0 bridgehead atoms. The molecule has 0 atom stereocenters. The quantitative estimate of drug-likeness (QED) is 0.717. The second-order valence-corrected chi connectivity index (χ2v) is 6.33. The summed E-state index contributed by atoms with van der Waals surface area (Å²) >= 11 is 0. The van der Waals surface area contributed by atoms with Crippen molar-refractivity contribution in [1.29, 1.82) is 0 Å².